The highest BCUT2D eigenvalue weighted by molar-refractivity contribution is 9.10. The van der Waals surface area contributed by atoms with Gasteiger partial charge in [0.25, 0.3) is 0 Å². The fourth-order valence-electron chi connectivity index (χ4n) is 1.68. The molecule has 0 saturated carbocycles. The number of carbonyl (C=O) groups is 1. The molecule has 0 bridgehead atoms. The molecule has 92 valence electrons. The largest absolute Gasteiger partial charge is 0.288 e. The third-order valence-electron chi connectivity index (χ3n) is 2.71. The monoisotopic (exact) mass is 370 g/mol. The molecule has 0 aromatic heterocycles. The van der Waals surface area contributed by atoms with Gasteiger partial charge in [-0.3, -0.25) is 4.79 Å². The smallest absolute Gasteiger partial charge is 0.196 e. The summed E-state index contributed by atoms with van der Waals surface area (Å²) in [4.78, 5) is 12.3. The Bertz CT molecular complexity index is 570. The summed E-state index contributed by atoms with van der Waals surface area (Å²) >= 11 is 6.45. The second-order valence-corrected chi connectivity index (χ2v) is 5.55. The highest BCUT2D eigenvalue weighted by Crippen LogP contribution is 2.25. The van der Waals surface area contributed by atoms with Crippen LogP contribution in [0.4, 0.5) is 4.39 Å². The zero-order valence-corrected chi connectivity index (χ0v) is 12.7. The first-order chi connectivity index (χ1) is 8.52. The quantitative estimate of drug-likeness (QED) is 0.687. The molecule has 0 heterocycles. The first-order valence-corrected chi connectivity index (χ1v) is 6.85. The molecule has 0 atom stereocenters. The van der Waals surface area contributed by atoms with Gasteiger partial charge in [-0.2, -0.15) is 0 Å². The Hall–Kier alpha value is -1.000. The Morgan fingerprint density at radius 2 is 1.56 bits per heavy atom. The molecule has 18 heavy (non-hydrogen) atoms. The molecule has 0 amide bonds. The highest BCUT2D eigenvalue weighted by atomic mass is 79.9. The summed E-state index contributed by atoms with van der Waals surface area (Å²) in [6.07, 6.45) is 0. The number of benzene rings is 2. The molecular weight excluding hydrogens is 363 g/mol. The third-order valence-corrected chi connectivity index (χ3v) is 4.18. The summed E-state index contributed by atoms with van der Waals surface area (Å²) in [6, 6.07) is 10.0. The van der Waals surface area contributed by atoms with Crippen molar-refractivity contribution < 1.29 is 9.18 Å². The van der Waals surface area contributed by atoms with Gasteiger partial charge >= 0.3 is 0 Å². The predicted molar refractivity (Wildman–Crippen MR) is 76.4 cm³/mol. The lowest BCUT2D eigenvalue weighted by atomic mass is 9.99. The van der Waals surface area contributed by atoms with Crippen molar-refractivity contribution in [2.45, 2.75) is 6.92 Å². The molecule has 0 fully saturated rings. The number of halogens is 3. The van der Waals surface area contributed by atoms with Crippen molar-refractivity contribution in [3.05, 3.63) is 67.9 Å². The number of carbonyl (C=O) groups excluding carboxylic acids is 1. The molecule has 0 aliphatic rings. The SMILES string of the molecule is Cc1c(Br)cccc1C(=O)c1cccc(Br)c1F. The van der Waals surface area contributed by atoms with Gasteiger partial charge in [-0.25, -0.2) is 4.39 Å². The molecule has 2 aromatic rings. The van der Waals surface area contributed by atoms with Gasteiger partial charge in [0.1, 0.15) is 5.82 Å². The minimum atomic E-state index is -0.526. The van der Waals surface area contributed by atoms with Crippen LogP contribution in [-0.4, -0.2) is 5.78 Å². The molecule has 2 rings (SSSR count). The summed E-state index contributed by atoms with van der Waals surface area (Å²) in [5.41, 5.74) is 1.38. The van der Waals surface area contributed by atoms with Crippen molar-refractivity contribution in [1.82, 2.24) is 0 Å². The maximum atomic E-state index is 13.9. The highest BCUT2D eigenvalue weighted by Gasteiger charge is 2.18. The molecule has 0 N–H and O–H groups in total. The summed E-state index contributed by atoms with van der Waals surface area (Å²) in [5, 5.41) is 0. The minimum Gasteiger partial charge on any atom is -0.288 e. The summed E-state index contributed by atoms with van der Waals surface area (Å²) in [5.74, 6) is -0.838. The van der Waals surface area contributed by atoms with E-state index in [1.807, 2.05) is 13.0 Å². The second-order valence-electron chi connectivity index (χ2n) is 3.84. The molecule has 0 aliphatic heterocycles. The van der Waals surface area contributed by atoms with E-state index < -0.39 is 5.82 Å². The van der Waals surface area contributed by atoms with Crippen LogP contribution in [-0.2, 0) is 0 Å². The third kappa shape index (κ3) is 2.40. The van der Waals surface area contributed by atoms with Crippen LogP contribution in [0.15, 0.2) is 45.3 Å². The molecule has 0 saturated heterocycles. The van der Waals surface area contributed by atoms with Crippen LogP contribution in [0.1, 0.15) is 21.5 Å². The Kier molecular flexibility index (Phi) is 3.97. The van der Waals surface area contributed by atoms with E-state index in [9.17, 15) is 9.18 Å². The van der Waals surface area contributed by atoms with E-state index in [2.05, 4.69) is 31.9 Å². The second kappa shape index (κ2) is 5.33. The fraction of sp³-hybridized carbons (Fsp3) is 0.0714. The van der Waals surface area contributed by atoms with Crippen LogP contribution in [0, 0.1) is 12.7 Å². The van der Waals surface area contributed by atoms with Crippen LogP contribution in [0.3, 0.4) is 0 Å². The van der Waals surface area contributed by atoms with Crippen molar-refractivity contribution in [3.63, 3.8) is 0 Å². The van der Waals surface area contributed by atoms with E-state index in [1.165, 1.54) is 6.07 Å². The maximum Gasteiger partial charge on any atom is 0.196 e. The van der Waals surface area contributed by atoms with Crippen LogP contribution in [0.2, 0.25) is 0 Å². The van der Waals surface area contributed by atoms with Gasteiger partial charge in [0, 0.05) is 10.0 Å². The molecule has 0 radical (unpaired) electrons. The van der Waals surface area contributed by atoms with Crippen LogP contribution >= 0.6 is 31.9 Å². The molecule has 4 heteroatoms. The van der Waals surface area contributed by atoms with E-state index in [-0.39, 0.29) is 11.3 Å². The van der Waals surface area contributed by atoms with Gasteiger partial charge in [-0.1, -0.05) is 34.1 Å². The number of ketones is 1. The maximum absolute atomic E-state index is 13.9. The molecule has 0 aliphatic carbocycles. The van der Waals surface area contributed by atoms with E-state index in [0.29, 0.717) is 10.0 Å². The van der Waals surface area contributed by atoms with Gasteiger partial charge in [0.05, 0.1) is 10.0 Å². The molecule has 0 unspecified atom stereocenters. The first kappa shape index (κ1) is 13.4. The summed E-state index contributed by atoms with van der Waals surface area (Å²) in [7, 11) is 0. The molecule has 1 nitrogen and oxygen atoms in total. The van der Waals surface area contributed by atoms with Crippen molar-refractivity contribution in [3.8, 4) is 0 Å². The van der Waals surface area contributed by atoms with E-state index >= 15 is 0 Å². The van der Waals surface area contributed by atoms with Crippen LogP contribution in [0.25, 0.3) is 0 Å². The average Bonchev–Trinajstić information content (AvgIpc) is 2.35. The zero-order valence-electron chi connectivity index (χ0n) is 9.51. The number of hydrogen-bond acceptors (Lipinski definition) is 1. The molecule has 0 spiro atoms. The number of rotatable bonds is 2. The zero-order chi connectivity index (χ0) is 13.3. The van der Waals surface area contributed by atoms with Gasteiger partial charge < -0.3 is 0 Å². The Labute approximate surface area is 121 Å². The van der Waals surface area contributed by atoms with E-state index in [0.717, 1.165) is 10.0 Å². The van der Waals surface area contributed by atoms with Gasteiger partial charge in [0.2, 0.25) is 0 Å². The van der Waals surface area contributed by atoms with Gasteiger partial charge in [-0.05, 0) is 46.6 Å². The van der Waals surface area contributed by atoms with Crippen molar-refractivity contribution in [2.75, 3.05) is 0 Å². The lowest BCUT2D eigenvalue weighted by Crippen LogP contribution is -2.06. The topological polar surface area (TPSA) is 17.1 Å². The van der Waals surface area contributed by atoms with Crippen LogP contribution in [0.5, 0.6) is 0 Å². The molecular formula is C14H9Br2FO. The van der Waals surface area contributed by atoms with E-state index in [1.54, 1.807) is 24.3 Å². The first-order valence-electron chi connectivity index (χ1n) is 5.26. The Morgan fingerprint density at radius 3 is 2.22 bits per heavy atom. The Morgan fingerprint density at radius 1 is 1.00 bits per heavy atom. The van der Waals surface area contributed by atoms with Crippen molar-refractivity contribution in [2.24, 2.45) is 0 Å². The number of hydrogen-bond donors (Lipinski definition) is 0. The lowest BCUT2D eigenvalue weighted by Gasteiger charge is -2.08. The fourth-order valence-corrected chi connectivity index (χ4v) is 2.41. The Balaban J connectivity index is 2.55. The van der Waals surface area contributed by atoms with Crippen LogP contribution < -0.4 is 0 Å². The normalized spacial score (nSPS) is 10.4. The van der Waals surface area contributed by atoms with Crippen molar-refractivity contribution >= 4 is 37.6 Å². The van der Waals surface area contributed by atoms with Gasteiger partial charge in [0.15, 0.2) is 5.78 Å². The summed E-state index contributed by atoms with van der Waals surface area (Å²) < 4.78 is 15.0. The van der Waals surface area contributed by atoms with E-state index in [4.69, 9.17) is 0 Å². The lowest BCUT2D eigenvalue weighted by molar-refractivity contribution is 0.103. The predicted octanol–water partition coefficient (Wildman–Crippen LogP) is 4.89. The molecule has 2 aromatic carbocycles. The van der Waals surface area contributed by atoms with Gasteiger partial charge in [-0.15, -0.1) is 0 Å². The average molecular weight is 372 g/mol. The minimum absolute atomic E-state index is 0.0746. The van der Waals surface area contributed by atoms with Crippen molar-refractivity contribution in [1.29, 1.82) is 0 Å². The standard InChI is InChI=1S/C14H9Br2FO/c1-8-9(4-2-6-11(8)15)14(18)10-5-3-7-12(16)13(10)17/h2-7H,1H3. The summed E-state index contributed by atoms with van der Waals surface area (Å²) in [6.45, 7) is 1.83.